The van der Waals surface area contributed by atoms with Gasteiger partial charge in [-0.2, -0.15) is 0 Å². The van der Waals surface area contributed by atoms with E-state index in [0.717, 1.165) is 11.3 Å². The molecule has 6 atom stereocenters. The fourth-order valence-corrected chi connectivity index (χ4v) is 5.22. The molecule has 0 bridgehead atoms. The monoisotopic (exact) mass is 452 g/mol. The van der Waals surface area contributed by atoms with Crippen molar-refractivity contribution in [3.63, 3.8) is 0 Å². The molecule has 3 unspecified atom stereocenters. The lowest BCUT2D eigenvalue weighted by Crippen LogP contribution is -2.53. The molecule has 1 saturated carbocycles. The van der Waals surface area contributed by atoms with Gasteiger partial charge in [-0.3, -0.25) is 9.59 Å². The maximum absolute atomic E-state index is 13.1. The van der Waals surface area contributed by atoms with Gasteiger partial charge in [0.05, 0.1) is 12.1 Å². The molecule has 2 rings (SSSR count). The number of rotatable bonds is 10. The molecule has 174 valence electrons. The van der Waals surface area contributed by atoms with Crippen molar-refractivity contribution in [2.45, 2.75) is 77.0 Å². The molecule has 0 aliphatic heterocycles. The van der Waals surface area contributed by atoms with Crippen LogP contribution in [0.2, 0.25) is 0 Å². The molecule has 0 spiro atoms. The van der Waals surface area contributed by atoms with Crippen LogP contribution >= 0.6 is 11.8 Å². The lowest BCUT2D eigenvalue weighted by Gasteiger charge is -2.28. The predicted molar refractivity (Wildman–Crippen MR) is 128 cm³/mol. The highest BCUT2D eigenvalue weighted by atomic mass is 32.2. The van der Waals surface area contributed by atoms with Crippen molar-refractivity contribution in [1.82, 2.24) is 10.6 Å². The van der Waals surface area contributed by atoms with E-state index in [1.807, 2.05) is 6.92 Å². The van der Waals surface area contributed by atoms with Crippen molar-refractivity contribution >= 4 is 31.3 Å². The summed E-state index contributed by atoms with van der Waals surface area (Å²) in [6.45, 7) is 6.37. The molecule has 3 N–H and O–H groups in total. The van der Waals surface area contributed by atoms with Gasteiger partial charge in [-0.15, -0.1) is 11.8 Å². The lowest BCUT2D eigenvalue weighted by atomic mass is 9.89. The highest BCUT2D eigenvalue weighted by Gasteiger charge is 2.33. The quantitative estimate of drug-likeness (QED) is 0.364. The summed E-state index contributed by atoms with van der Waals surface area (Å²) >= 11 is 1.32. The summed E-state index contributed by atoms with van der Waals surface area (Å²) in [4.78, 5) is 25.0. The molecule has 0 heterocycles. The third kappa shape index (κ3) is 8.85. The average Bonchev–Trinajstić information content (AvgIpc) is 3.00. The van der Waals surface area contributed by atoms with Crippen molar-refractivity contribution < 1.29 is 20.5 Å². The van der Waals surface area contributed by atoms with Crippen LogP contribution < -0.4 is 10.6 Å². The molecule has 1 aliphatic rings. The zero-order valence-electron chi connectivity index (χ0n) is 17.9. The number of hydrogen-bond donors (Lipinski definition) is 3. The van der Waals surface area contributed by atoms with Gasteiger partial charge in [0.15, 0.2) is 5.81 Å². The molecule has 1 aromatic rings. The van der Waals surface area contributed by atoms with Crippen LogP contribution in [-0.4, -0.2) is 48.6 Å². The Morgan fingerprint density at radius 3 is 2.42 bits per heavy atom. The van der Waals surface area contributed by atoms with Gasteiger partial charge in [0.25, 0.3) is 0 Å². The number of amides is 2. The molecular weight excluding hydrogens is 414 g/mol. The summed E-state index contributed by atoms with van der Waals surface area (Å²) < 4.78 is 13.1. The van der Waals surface area contributed by atoms with Crippen LogP contribution in [0.5, 0.6) is 0 Å². The Balaban J connectivity index is 0.00000480. The fourth-order valence-electron chi connectivity index (χ4n) is 4.29. The molecule has 5 nitrogen and oxygen atoms in total. The summed E-state index contributed by atoms with van der Waals surface area (Å²) in [5.74, 6) is 0.409. The van der Waals surface area contributed by atoms with Crippen LogP contribution in [0.3, 0.4) is 0 Å². The van der Waals surface area contributed by atoms with E-state index in [4.69, 9.17) is 7.85 Å². The Labute approximate surface area is 193 Å². The van der Waals surface area contributed by atoms with Crippen molar-refractivity contribution in [1.29, 1.82) is 0 Å². The summed E-state index contributed by atoms with van der Waals surface area (Å²) in [6, 6.07) is 4.65. The van der Waals surface area contributed by atoms with Crippen molar-refractivity contribution in [2.24, 2.45) is 17.8 Å². The van der Waals surface area contributed by atoms with Crippen LogP contribution in [0.15, 0.2) is 29.2 Å². The number of aliphatic hydroxyl groups is 1. The topological polar surface area (TPSA) is 78.4 Å². The van der Waals surface area contributed by atoms with Crippen LogP contribution in [0, 0.1) is 23.6 Å². The fraction of sp³-hybridized carbons (Fsp3) is 0.652. The molecule has 0 aromatic heterocycles. The van der Waals surface area contributed by atoms with Crippen LogP contribution in [0.1, 0.15) is 55.3 Å². The maximum Gasteiger partial charge on any atom is 0.243 e. The van der Waals surface area contributed by atoms with Gasteiger partial charge in [0, 0.05) is 12.1 Å². The highest BCUT2D eigenvalue weighted by Crippen LogP contribution is 2.38. The Morgan fingerprint density at radius 1 is 1.26 bits per heavy atom. The standard InChI is InChI=1S/C22H32BFN2O3S.CH4.H2/c1-4-18(20(27)11-15-10-13(2)9-14(15)3)25-21(28)19(26-22(23)29)12-30-17-7-5-16(24)6-8-17;;/h5-8,13-15,18-20,27H,4,9-12H2,1-3H3,(H,25,28)(H,26,29);1H4;1H/t13?,14?,15?,18-,19+,20+;;/m0../s1. The minimum absolute atomic E-state index is 0. The van der Waals surface area contributed by atoms with Gasteiger partial charge in [-0.25, -0.2) is 4.39 Å². The number of hydrogen-bond acceptors (Lipinski definition) is 4. The molecule has 1 aromatic carbocycles. The van der Waals surface area contributed by atoms with Gasteiger partial charge >= 0.3 is 0 Å². The molecule has 2 amide bonds. The van der Waals surface area contributed by atoms with Gasteiger partial charge in [0.2, 0.25) is 13.8 Å². The van der Waals surface area contributed by atoms with Gasteiger partial charge < -0.3 is 15.7 Å². The molecule has 1 aliphatic carbocycles. The van der Waals surface area contributed by atoms with E-state index in [-0.39, 0.29) is 26.3 Å². The predicted octanol–water partition coefficient (Wildman–Crippen LogP) is 4.37. The molecule has 8 heteroatoms. The third-order valence-electron chi connectivity index (χ3n) is 5.92. The van der Waals surface area contributed by atoms with Gasteiger partial charge in [-0.05, 0) is 67.7 Å². The van der Waals surface area contributed by atoms with Crippen LogP contribution in [-0.2, 0) is 4.79 Å². The Morgan fingerprint density at radius 2 is 1.90 bits per heavy atom. The second-order valence-electron chi connectivity index (χ2n) is 8.47. The Bertz CT molecular complexity index is 713. The summed E-state index contributed by atoms with van der Waals surface area (Å²) in [5.41, 5.74) is 0. The summed E-state index contributed by atoms with van der Waals surface area (Å²) in [7, 11) is 5.24. The van der Waals surface area contributed by atoms with Crippen molar-refractivity contribution in [3.05, 3.63) is 30.1 Å². The first-order chi connectivity index (χ1) is 14.2. The lowest BCUT2D eigenvalue weighted by molar-refractivity contribution is -0.124. The number of aliphatic hydroxyl groups excluding tert-OH is 1. The van der Waals surface area contributed by atoms with Crippen molar-refractivity contribution in [3.8, 4) is 0 Å². The number of carbonyl (C=O) groups is 2. The minimum Gasteiger partial charge on any atom is -0.391 e. The first-order valence-corrected chi connectivity index (χ1v) is 11.6. The first kappa shape index (κ1) is 27.5. The second kappa shape index (κ2) is 13.1. The Hall–Kier alpha value is -1.54. The van der Waals surface area contributed by atoms with E-state index in [0.29, 0.717) is 30.6 Å². The van der Waals surface area contributed by atoms with E-state index in [1.165, 1.54) is 30.3 Å². The van der Waals surface area contributed by atoms with E-state index in [2.05, 4.69) is 24.5 Å². The number of nitrogens with one attached hydrogen (secondary N) is 2. The third-order valence-corrected chi connectivity index (χ3v) is 7.03. The summed E-state index contributed by atoms with van der Waals surface area (Å²) in [6.07, 6.45) is 2.87. The van der Waals surface area contributed by atoms with E-state index < -0.39 is 24.0 Å². The number of halogens is 1. The highest BCUT2D eigenvalue weighted by molar-refractivity contribution is 7.99. The zero-order chi connectivity index (χ0) is 22.3. The molecule has 0 saturated heterocycles. The van der Waals surface area contributed by atoms with E-state index >= 15 is 0 Å². The first-order valence-electron chi connectivity index (χ1n) is 10.6. The number of carbonyl (C=O) groups excluding carboxylic acids is 2. The van der Waals surface area contributed by atoms with Gasteiger partial charge in [-0.1, -0.05) is 28.2 Å². The molecule has 1 fully saturated rings. The zero-order valence-corrected chi connectivity index (χ0v) is 18.8. The smallest absolute Gasteiger partial charge is 0.243 e. The molecule has 31 heavy (non-hydrogen) atoms. The molecule has 2 radical (unpaired) electrons. The SMILES string of the molecule is C.[B]C(=O)N[C@H](CSc1ccc(F)cc1)C(=O)N[C@@H](CC)[C@H](O)CC1CC(C)CC1C.[HH]. The van der Waals surface area contributed by atoms with Crippen LogP contribution in [0.25, 0.3) is 0 Å². The van der Waals surface area contributed by atoms with E-state index in [1.54, 1.807) is 12.1 Å². The Kier molecular flexibility index (Phi) is 11.6. The normalized spacial score (nSPS) is 23.3. The second-order valence-corrected chi connectivity index (χ2v) is 9.56. The van der Waals surface area contributed by atoms with Gasteiger partial charge in [0.1, 0.15) is 11.9 Å². The minimum atomic E-state index is -0.857. The molecular formula is C23H38BFN2O3S. The average molecular weight is 452 g/mol. The summed E-state index contributed by atoms with van der Waals surface area (Å²) in [5, 5.41) is 16.1. The van der Waals surface area contributed by atoms with Crippen LogP contribution in [0.4, 0.5) is 9.18 Å². The largest absolute Gasteiger partial charge is 0.391 e. The number of benzene rings is 1. The van der Waals surface area contributed by atoms with E-state index in [9.17, 15) is 19.1 Å². The maximum atomic E-state index is 13.1. The van der Waals surface area contributed by atoms with Crippen molar-refractivity contribution in [2.75, 3.05) is 5.75 Å². The number of thioether (sulfide) groups is 1.